The van der Waals surface area contributed by atoms with Gasteiger partial charge in [0.15, 0.2) is 0 Å². The summed E-state index contributed by atoms with van der Waals surface area (Å²) < 4.78 is 5.43. The van der Waals surface area contributed by atoms with Crippen LogP contribution in [0.2, 0.25) is 0 Å². The van der Waals surface area contributed by atoms with Gasteiger partial charge in [-0.1, -0.05) is 72.3 Å². The largest absolute Gasteiger partial charge is 0.379 e. The van der Waals surface area contributed by atoms with Gasteiger partial charge < -0.3 is 9.64 Å². The molecule has 1 heterocycles. The lowest BCUT2D eigenvalue weighted by Gasteiger charge is -2.28. The van der Waals surface area contributed by atoms with Crippen LogP contribution in [0.5, 0.6) is 0 Å². The van der Waals surface area contributed by atoms with Crippen LogP contribution in [0.25, 0.3) is 6.08 Å². The highest BCUT2D eigenvalue weighted by Gasteiger charge is 2.16. The monoisotopic (exact) mass is 406 g/mol. The lowest BCUT2D eigenvalue weighted by Crippen LogP contribution is -2.39. The van der Waals surface area contributed by atoms with Crippen LogP contribution in [0, 0.1) is 0 Å². The van der Waals surface area contributed by atoms with Crippen molar-refractivity contribution in [3.63, 3.8) is 0 Å². The predicted octanol–water partition coefficient (Wildman–Crippen LogP) is 4.27. The van der Waals surface area contributed by atoms with Crippen LogP contribution >= 0.6 is 0 Å². The highest BCUT2D eigenvalue weighted by molar-refractivity contribution is 5.77. The number of ether oxygens (including phenoxy) is 1. The summed E-state index contributed by atoms with van der Waals surface area (Å²) >= 11 is 0. The predicted molar refractivity (Wildman–Crippen MR) is 123 cm³/mol. The molecule has 4 nitrogen and oxygen atoms in total. The number of carbonyl (C=O) groups is 1. The maximum Gasteiger partial charge on any atom is 0.223 e. The maximum absolute atomic E-state index is 13.1. The first-order valence-corrected chi connectivity index (χ1v) is 11.0. The van der Waals surface area contributed by atoms with Crippen molar-refractivity contribution >= 4 is 12.0 Å². The van der Waals surface area contributed by atoms with Gasteiger partial charge in [0.2, 0.25) is 5.91 Å². The zero-order chi connectivity index (χ0) is 21.0. The quantitative estimate of drug-likeness (QED) is 0.591. The van der Waals surface area contributed by atoms with Gasteiger partial charge in [-0.25, -0.2) is 0 Å². The van der Waals surface area contributed by atoms with Crippen LogP contribution in [0.1, 0.15) is 30.9 Å². The number of carbonyl (C=O) groups excluding carboxylic acids is 1. The average molecular weight is 407 g/mol. The SMILES string of the molecule is C/C(=C\c1ccccc1)CN(CCCN1CCOCC1)C(=O)CCc1ccccc1. The molecule has 1 amide bonds. The summed E-state index contributed by atoms with van der Waals surface area (Å²) in [4.78, 5) is 17.5. The van der Waals surface area contributed by atoms with Crippen molar-refractivity contribution in [3.8, 4) is 0 Å². The lowest BCUT2D eigenvalue weighted by molar-refractivity contribution is -0.130. The van der Waals surface area contributed by atoms with Crippen LogP contribution in [-0.4, -0.2) is 61.6 Å². The smallest absolute Gasteiger partial charge is 0.223 e. The Bertz CT molecular complexity index is 783. The molecule has 1 aliphatic heterocycles. The summed E-state index contributed by atoms with van der Waals surface area (Å²) in [5.74, 6) is 0.238. The van der Waals surface area contributed by atoms with E-state index in [-0.39, 0.29) is 5.91 Å². The summed E-state index contributed by atoms with van der Waals surface area (Å²) in [5.41, 5.74) is 3.61. The lowest BCUT2D eigenvalue weighted by atomic mass is 10.1. The Hall–Kier alpha value is -2.43. The van der Waals surface area contributed by atoms with Crippen LogP contribution < -0.4 is 0 Å². The number of hydrogen-bond acceptors (Lipinski definition) is 3. The summed E-state index contributed by atoms with van der Waals surface area (Å²) in [6.07, 6.45) is 4.52. The summed E-state index contributed by atoms with van der Waals surface area (Å²) in [6.45, 7) is 8.25. The van der Waals surface area contributed by atoms with E-state index in [9.17, 15) is 4.79 Å². The van der Waals surface area contributed by atoms with Crippen molar-refractivity contribution in [2.75, 3.05) is 45.9 Å². The molecule has 1 aliphatic rings. The molecule has 3 rings (SSSR count). The fourth-order valence-corrected chi connectivity index (χ4v) is 3.84. The summed E-state index contributed by atoms with van der Waals surface area (Å²) in [5, 5.41) is 0. The maximum atomic E-state index is 13.1. The second-order valence-corrected chi connectivity index (χ2v) is 8.01. The van der Waals surface area contributed by atoms with Gasteiger partial charge in [0.1, 0.15) is 0 Å². The molecule has 2 aromatic carbocycles. The zero-order valence-corrected chi connectivity index (χ0v) is 18.1. The van der Waals surface area contributed by atoms with Gasteiger partial charge in [-0.05, 0) is 30.9 Å². The standard InChI is InChI=1S/C26H34N2O2/c1-23(21-25-11-6-3-7-12-25)22-28(16-8-15-27-17-19-30-20-18-27)26(29)14-13-24-9-4-2-5-10-24/h2-7,9-12,21H,8,13-20,22H2,1H3/b23-21+. The molecule has 0 unspecified atom stereocenters. The molecule has 4 heteroatoms. The Morgan fingerprint density at radius 1 is 1.03 bits per heavy atom. The molecule has 2 aromatic rings. The minimum atomic E-state index is 0.238. The van der Waals surface area contributed by atoms with E-state index in [1.807, 2.05) is 41.3 Å². The van der Waals surface area contributed by atoms with Crippen LogP contribution in [0.15, 0.2) is 66.2 Å². The summed E-state index contributed by atoms with van der Waals surface area (Å²) in [6, 6.07) is 20.6. The van der Waals surface area contributed by atoms with E-state index in [0.29, 0.717) is 13.0 Å². The van der Waals surface area contributed by atoms with Gasteiger partial charge in [0.25, 0.3) is 0 Å². The second kappa shape index (κ2) is 12.3. The van der Waals surface area contributed by atoms with Gasteiger partial charge in [0, 0.05) is 39.1 Å². The number of rotatable bonds is 10. The molecule has 0 bridgehead atoms. The average Bonchev–Trinajstić information content (AvgIpc) is 2.79. The molecular formula is C26H34N2O2. The Balaban J connectivity index is 1.57. The summed E-state index contributed by atoms with van der Waals surface area (Å²) in [7, 11) is 0. The second-order valence-electron chi connectivity index (χ2n) is 8.01. The Morgan fingerprint density at radius 2 is 1.70 bits per heavy atom. The van der Waals surface area contributed by atoms with E-state index < -0.39 is 0 Å². The van der Waals surface area contributed by atoms with Crippen LogP contribution in [0.4, 0.5) is 0 Å². The van der Waals surface area contributed by atoms with E-state index in [1.165, 1.54) is 16.7 Å². The van der Waals surface area contributed by atoms with E-state index in [2.05, 4.69) is 42.2 Å². The Kier molecular flexibility index (Phi) is 9.13. The van der Waals surface area contributed by atoms with Gasteiger partial charge in [-0.3, -0.25) is 9.69 Å². The van der Waals surface area contributed by atoms with Gasteiger partial charge >= 0.3 is 0 Å². The number of benzene rings is 2. The minimum Gasteiger partial charge on any atom is -0.379 e. The molecule has 0 spiro atoms. The highest BCUT2D eigenvalue weighted by Crippen LogP contribution is 2.11. The van der Waals surface area contributed by atoms with Gasteiger partial charge in [0.05, 0.1) is 13.2 Å². The third-order valence-corrected chi connectivity index (χ3v) is 5.48. The van der Waals surface area contributed by atoms with E-state index in [4.69, 9.17) is 4.74 Å². The molecule has 30 heavy (non-hydrogen) atoms. The number of amides is 1. The number of nitrogens with zero attached hydrogens (tertiary/aromatic N) is 2. The third-order valence-electron chi connectivity index (χ3n) is 5.48. The van der Waals surface area contributed by atoms with Crippen LogP contribution in [-0.2, 0) is 16.0 Å². The van der Waals surface area contributed by atoms with Crippen molar-refractivity contribution in [2.24, 2.45) is 0 Å². The first-order chi connectivity index (χ1) is 14.7. The first kappa shape index (κ1) is 22.3. The first-order valence-electron chi connectivity index (χ1n) is 11.0. The van der Waals surface area contributed by atoms with Crippen molar-refractivity contribution in [2.45, 2.75) is 26.2 Å². The van der Waals surface area contributed by atoms with Gasteiger partial charge in [-0.2, -0.15) is 0 Å². The molecule has 0 atom stereocenters. The number of aryl methyl sites for hydroxylation is 1. The minimum absolute atomic E-state index is 0.238. The van der Waals surface area contributed by atoms with Crippen molar-refractivity contribution in [1.82, 2.24) is 9.80 Å². The van der Waals surface area contributed by atoms with E-state index in [0.717, 1.165) is 52.2 Å². The Labute approximate surface area is 181 Å². The van der Waals surface area contributed by atoms with Crippen molar-refractivity contribution in [3.05, 3.63) is 77.4 Å². The molecule has 160 valence electrons. The highest BCUT2D eigenvalue weighted by atomic mass is 16.5. The van der Waals surface area contributed by atoms with E-state index in [1.54, 1.807) is 0 Å². The van der Waals surface area contributed by atoms with Gasteiger partial charge in [-0.15, -0.1) is 0 Å². The Morgan fingerprint density at radius 3 is 2.40 bits per heavy atom. The normalized spacial score (nSPS) is 15.2. The van der Waals surface area contributed by atoms with Crippen molar-refractivity contribution < 1.29 is 9.53 Å². The molecular weight excluding hydrogens is 372 g/mol. The fraction of sp³-hybridized carbons (Fsp3) is 0.423. The third kappa shape index (κ3) is 7.77. The molecule has 0 radical (unpaired) electrons. The number of morpholine rings is 1. The molecule has 0 N–H and O–H groups in total. The molecule has 1 fully saturated rings. The topological polar surface area (TPSA) is 32.8 Å². The van der Waals surface area contributed by atoms with Crippen molar-refractivity contribution in [1.29, 1.82) is 0 Å². The number of hydrogen-bond donors (Lipinski definition) is 0. The van der Waals surface area contributed by atoms with Crippen LogP contribution in [0.3, 0.4) is 0 Å². The molecule has 0 aliphatic carbocycles. The zero-order valence-electron chi connectivity index (χ0n) is 18.1. The molecule has 1 saturated heterocycles. The molecule has 0 saturated carbocycles. The fourth-order valence-electron chi connectivity index (χ4n) is 3.84. The van der Waals surface area contributed by atoms with E-state index >= 15 is 0 Å². The molecule has 0 aromatic heterocycles.